The maximum atomic E-state index is 12.2. The number of nitrogens with one attached hydrogen (secondary N) is 1. The fourth-order valence-electron chi connectivity index (χ4n) is 3.64. The molecule has 1 aromatic carbocycles. The zero-order valence-corrected chi connectivity index (χ0v) is 15.4. The number of aromatic carboxylic acids is 1. The molecule has 1 unspecified atom stereocenters. The van der Waals surface area contributed by atoms with E-state index in [2.05, 4.69) is 9.97 Å². The van der Waals surface area contributed by atoms with Crippen molar-refractivity contribution in [3.05, 3.63) is 41.5 Å². The molecule has 1 aromatic heterocycles. The molecule has 2 aliphatic rings. The van der Waals surface area contributed by atoms with Gasteiger partial charge in [-0.15, -0.1) is 0 Å². The molecule has 0 spiro atoms. The third kappa shape index (κ3) is 3.78. The van der Waals surface area contributed by atoms with E-state index < -0.39 is 24.7 Å². The smallest absolute Gasteiger partial charge is 0.455 e. The Bertz CT molecular complexity index is 928. The zero-order chi connectivity index (χ0) is 20.7. The number of nitrogens with zero attached hydrogens (tertiary/aromatic N) is 2. The number of carbonyl (C=O) groups excluding carboxylic acids is 1. The normalized spacial score (nSPS) is 20.8. The van der Waals surface area contributed by atoms with Gasteiger partial charge in [-0.3, -0.25) is 4.79 Å². The number of phenols is 1. The van der Waals surface area contributed by atoms with Gasteiger partial charge in [-0.2, -0.15) is 0 Å². The first-order valence-corrected chi connectivity index (χ1v) is 9.22. The molecule has 11 heteroatoms. The summed E-state index contributed by atoms with van der Waals surface area (Å²) in [6.07, 6.45) is 3.40. The van der Waals surface area contributed by atoms with Gasteiger partial charge in [-0.05, 0) is 24.0 Å². The van der Waals surface area contributed by atoms with Gasteiger partial charge in [0.05, 0.1) is 31.5 Å². The summed E-state index contributed by atoms with van der Waals surface area (Å²) in [4.78, 5) is 32.2. The number of benzene rings is 1. The molecular formula is C18H20BN3O7. The number of H-pyrrole nitrogens is 1. The molecule has 0 bridgehead atoms. The lowest BCUT2D eigenvalue weighted by Gasteiger charge is -2.39. The summed E-state index contributed by atoms with van der Waals surface area (Å²) in [5, 5.41) is 38.5. The largest absolute Gasteiger partial charge is 0.507 e. The van der Waals surface area contributed by atoms with Crippen molar-refractivity contribution in [2.75, 3.05) is 13.1 Å². The number of hydrogen-bond acceptors (Lipinski definition) is 7. The molecule has 4 rings (SSSR count). The molecule has 1 saturated heterocycles. The van der Waals surface area contributed by atoms with Crippen LogP contribution in [0.3, 0.4) is 0 Å². The molecule has 1 amide bonds. The summed E-state index contributed by atoms with van der Waals surface area (Å²) in [6.45, 7) is 0.623. The summed E-state index contributed by atoms with van der Waals surface area (Å²) >= 11 is 0. The summed E-state index contributed by atoms with van der Waals surface area (Å²) in [7, 11) is -1.51. The van der Waals surface area contributed by atoms with Crippen LogP contribution < -0.4 is 4.74 Å². The van der Waals surface area contributed by atoms with E-state index in [1.165, 1.54) is 12.4 Å². The van der Waals surface area contributed by atoms with Gasteiger partial charge < -0.3 is 34.9 Å². The summed E-state index contributed by atoms with van der Waals surface area (Å²) in [6, 6.07) is 3.01. The predicted octanol–water partition coefficient (Wildman–Crippen LogP) is -0.0239. The van der Waals surface area contributed by atoms with E-state index in [4.69, 9.17) is 4.74 Å². The first kappa shape index (κ1) is 19.3. The number of carboxylic acid groups (broad SMARTS) is 1. The third-order valence-electron chi connectivity index (χ3n) is 5.39. The molecule has 1 saturated carbocycles. The fourth-order valence-corrected chi connectivity index (χ4v) is 3.64. The van der Waals surface area contributed by atoms with Crippen LogP contribution >= 0.6 is 0 Å². The number of hydrogen-bond donors (Lipinski definition) is 5. The summed E-state index contributed by atoms with van der Waals surface area (Å²) in [5.74, 6) is -2.57. The Morgan fingerprint density at radius 3 is 2.66 bits per heavy atom. The van der Waals surface area contributed by atoms with Crippen molar-refractivity contribution >= 4 is 19.0 Å². The molecule has 1 aliphatic heterocycles. The number of ether oxygens (including phenoxy) is 1. The number of aromatic hydroxyl groups is 1. The SMILES string of the molecule is O=C(O)c1c(OC2CN(C(=O)Cc3c[nH]cn3)C2)ccc(C2C[C@H]2B(O)O)c1O. The number of carbonyl (C=O) groups is 2. The van der Waals surface area contributed by atoms with E-state index in [9.17, 15) is 29.9 Å². The van der Waals surface area contributed by atoms with Crippen LogP contribution in [0.1, 0.15) is 34.0 Å². The van der Waals surface area contributed by atoms with E-state index in [-0.39, 0.29) is 35.7 Å². The maximum absolute atomic E-state index is 12.2. The lowest BCUT2D eigenvalue weighted by molar-refractivity contribution is -0.139. The van der Waals surface area contributed by atoms with Crippen LogP contribution in [-0.2, 0) is 11.2 Å². The Labute approximate surface area is 165 Å². The second-order valence-corrected chi connectivity index (χ2v) is 7.38. The van der Waals surface area contributed by atoms with Gasteiger partial charge in [0.15, 0.2) is 0 Å². The molecule has 2 fully saturated rings. The van der Waals surface area contributed by atoms with Crippen molar-refractivity contribution in [3.63, 3.8) is 0 Å². The number of rotatable bonds is 7. The van der Waals surface area contributed by atoms with E-state index in [0.717, 1.165) is 0 Å². The average molecular weight is 401 g/mol. The molecule has 29 heavy (non-hydrogen) atoms. The van der Waals surface area contributed by atoms with Crippen molar-refractivity contribution < 1.29 is 34.6 Å². The van der Waals surface area contributed by atoms with E-state index >= 15 is 0 Å². The predicted molar refractivity (Wildman–Crippen MR) is 99.7 cm³/mol. The average Bonchev–Trinajstić information content (AvgIpc) is 3.26. The van der Waals surface area contributed by atoms with Crippen LogP contribution in [0.2, 0.25) is 5.82 Å². The number of aromatic amines is 1. The van der Waals surface area contributed by atoms with Gasteiger partial charge in [0, 0.05) is 12.0 Å². The minimum atomic E-state index is -1.51. The monoisotopic (exact) mass is 401 g/mol. The zero-order valence-electron chi connectivity index (χ0n) is 15.4. The number of likely N-dealkylation sites (tertiary alicyclic amines) is 1. The standard InChI is InChI=1S/C18H20BN3O7/c23-15(3-9-5-20-8-21-9)22-6-10(7-22)29-14-2-1-11(12-4-13(12)19(27)28)17(24)16(14)18(25)26/h1-2,5,8,10,12-13,24,27-28H,3-4,6-7H2,(H,20,21)(H,25,26)/t12?,13-/m1/s1. The molecule has 10 nitrogen and oxygen atoms in total. The molecule has 1 aliphatic carbocycles. The molecule has 2 aromatic rings. The van der Waals surface area contributed by atoms with Gasteiger partial charge in [-0.1, -0.05) is 6.07 Å². The highest BCUT2D eigenvalue weighted by atomic mass is 16.5. The summed E-state index contributed by atoms with van der Waals surface area (Å²) < 4.78 is 5.71. The Morgan fingerprint density at radius 1 is 1.31 bits per heavy atom. The first-order chi connectivity index (χ1) is 13.8. The van der Waals surface area contributed by atoms with Crippen LogP contribution in [0, 0.1) is 0 Å². The van der Waals surface area contributed by atoms with Crippen LogP contribution in [0.15, 0.2) is 24.7 Å². The fraction of sp³-hybridized carbons (Fsp3) is 0.389. The lowest BCUT2D eigenvalue weighted by Crippen LogP contribution is -2.56. The van der Waals surface area contributed by atoms with E-state index in [0.29, 0.717) is 30.8 Å². The molecule has 0 radical (unpaired) electrons. The summed E-state index contributed by atoms with van der Waals surface area (Å²) in [5.41, 5.74) is 0.638. The Balaban J connectivity index is 1.41. The van der Waals surface area contributed by atoms with Crippen LogP contribution in [0.25, 0.3) is 0 Å². The van der Waals surface area contributed by atoms with Crippen molar-refractivity contribution in [3.8, 4) is 11.5 Å². The quantitative estimate of drug-likeness (QED) is 0.405. The Hall–Kier alpha value is -3.05. The number of aromatic nitrogens is 2. The van der Waals surface area contributed by atoms with Gasteiger partial charge in [0.25, 0.3) is 0 Å². The molecule has 2 atom stereocenters. The maximum Gasteiger partial charge on any atom is 0.455 e. The van der Waals surface area contributed by atoms with Gasteiger partial charge >= 0.3 is 13.1 Å². The molecule has 5 N–H and O–H groups in total. The van der Waals surface area contributed by atoms with E-state index in [1.54, 1.807) is 17.2 Å². The van der Waals surface area contributed by atoms with Crippen molar-refractivity contribution in [2.45, 2.75) is 30.7 Å². The van der Waals surface area contributed by atoms with Gasteiger partial charge in [0.2, 0.25) is 5.91 Å². The second kappa shape index (κ2) is 7.41. The number of amides is 1. The van der Waals surface area contributed by atoms with Crippen LogP contribution in [-0.4, -0.2) is 73.3 Å². The number of imidazole rings is 1. The first-order valence-electron chi connectivity index (χ1n) is 9.22. The minimum Gasteiger partial charge on any atom is -0.507 e. The molecule has 2 heterocycles. The van der Waals surface area contributed by atoms with E-state index in [1.807, 2.05) is 0 Å². The Kier molecular flexibility index (Phi) is 4.93. The molecular weight excluding hydrogens is 381 g/mol. The highest BCUT2D eigenvalue weighted by Crippen LogP contribution is 2.56. The van der Waals surface area contributed by atoms with Crippen molar-refractivity contribution in [1.82, 2.24) is 14.9 Å². The van der Waals surface area contributed by atoms with Crippen LogP contribution in [0.4, 0.5) is 0 Å². The lowest BCUT2D eigenvalue weighted by atomic mass is 9.81. The highest BCUT2D eigenvalue weighted by Gasteiger charge is 2.48. The van der Waals surface area contributed by atoms with Gasteiger partial charge in [-0.25, -0.2) is 9.78 Å². The highest BCUT2D eigenvalue weighted by molar-refractivity contribution is 6.44. The van der Waals surface area contributed by atoms with Gasteiger partial charge in [0.1, 0.15) is 23.2 Å². The second-order valence-electron chi connectivity index (χ2n) is 7.38. The third-order valence-corrected chi connectivity index (χ3v) is 5.39. The minimum absolute atomic E-state index is 0.0184. The van der Waals surface area contributed by atoms with Crippen molar-refractivity contribution in [2.24, 2.45) is 0 Å². The number of carboxylic acids is 1. The van der Waals surface area contributed by atoms with Crippen molar-refractivity contribution in [1.29, 1.82) is 0 Å². The Morgan fingerprint density at radius 2 is 2.07 bits per heavy atom. The molecule has 152 valence electrons. The topological polar surface area (TPSA) is 156 Å². The van der Waals surface area contributed by atoms with Crippen LogP contribution in [0.5, 0.6) is 11.5 Å².